The predicted octanol–water partition coefficient (Wildman–Crippen LogP) is 1.30. The number of esters is 2. The molecule has 0 heterocycles. The number of ether oxygens (including phenoxy) is 2. The van der Waals surface area contributed by atoms with Gasteiger partial charge in [-0.15, -0.1) is 0 Å². The number of hydrogen-bond donors (Lipinski definition) is 1. The Kier molecular flexibility index (Phi) is 11.0. The third-order valence-corrected chi connectivity index (χ3v) is 3.90. The smallest absolute Gasteiger partial charge is 0.305 e. The van der Waals surface area contributed by atoms with Gasteiger partial charge in [0.1, 0.15) is 11.9 Å². The number of ketones is 1. The summed E-state index contributed by atoms with van der Waals surface area (Å²) in [6.07, 6.45) is 0.718. The average Bonchev–Trinajstić information content (AvgIpc) is 2.46. The van der Waals surface area contributed by atoms with E-state index >= 15 is 0 Å². The molecule has 0 aliphatic rings. The third-order valence-electron chi connectivity index (χ3n) is 2.70. The van der Waals surface area contributed by atoms with Gasteiger partial charge in [0.25, 0.3) is 0 Å². The van der Waals surface area contributed by atoms with E-state index in [1.54, 1.807) is 13.8 Å². The van der Waals surface area contributed by atoms with E-state index in [0.717, 1.165) is 0 Å². The quantitative estimate of drug-likeness (QED) is 0.573. The highest BCUT2D eigenvalue weighted by Gasteiger charge is 2.16. The summed E-state index contributed by atoms with van der Waals surface area (Å²) in [5.74, 6) is 0.363. The van der Waals surface area contributed by atoms with Crippen molar-refractivity contribution in [1.29, 1.82) is 0 Å². The highest BCUT2D eigenvalue weighted by Crippen LogP contribution is 2.12. The summed E-state index contributed by atoms with van der Waals surface area (Å²) in [5.41, 5.74) is 5.64. The van der Waals surface area contributed by atoms with E-state index in [0.29, 0.717) is 30.8 Å². The fraction of sp³-hybridized carbons (Fsp3) is 0.786. The van der Waals surface area contributed by atoms with Crippen LogP contribution in [-0.2, 0) is 23.9 Å². The minimum atomic E-state index is -0.504. The van der Waals surface area contributed by atoms with Crippen LogP contribution in [0, 0.1) is 0 Å². The predicted molar refractivity (Wildman–Crippen MR) is 82.0 cm³/mol. The second-order valence-corrected chi connectivity index (χ2v) is 5.66. The van der Waals surface area contributed by atoms with E-state index in [1.165, 1.54) is 18.7 Å². The van der Waals surface area contributed by atoms with Crippen LogP contribution in [0.4, 0.5) is 0 Å². The van der Waals surface area contributed by atoms with Gasteiger partial charge in [0.2, 0.25) is 0 Å². The molecular weight excluding hydrogens is 294 g/mol. The number of carbonyl (C=O) groups excluding carboxylic acids is 3. The summed E-state index contributed by atoms with van der Waals surface area (Å²) in [6, 6.07) is -0.504. The summed E-state index contributed by atoms with van der Waals surface area (Å²) >= 11 is 1.45. The van der Waals surface area contributed by atoms with E-state index in [4.69, 9.17) is 15.2 Å². The van der Waals surface area contributed by atoms with Gasteiger partial charge in [-0.25, -0.2) is 0 Å². The van der Waals surface area contributed by atoms with Crippen LogP contribution in [0.2, 0.25) is 0 Å². The monoisotopic (exact) mass is 319 g/mol. The Labute approximate surface area is 130 Å². The second kappa shape index (κ2) is 11.6. The first-order chi connectivity index (χ1) is 9.90. The van der Waals surface area contributed by atoms with Crippen LogP contribution in [0.15, 0.2) is 0 Å². The molecule has 0 aliphatic carbocycles. The molecule has 0 radical (unpaired) electrons. The Bertz CT molecular complexity index is 348. The van der Waals surface area contributed by atoms with Gasteiger partial charge in [0.15, 0.2) is 0 Å². The van der Waals surface area contributed by atoms with Crippen LogP contribution in [0.1, 0.15) is 40.0 Å². The van der Waals surface area contributed by atoms with Crippen molar-refractivity contribution < 1.29 is 23.9 Å². The zero-order chi connectivity index (χ0) is 16.3. The molecule has 6 nitrogen and oxygen atoms in total. The Morgan fingerprint density at radius 2 is 1.71 bits per heavy atom. The Hall–Kier alpha value is -1.08. The molecule has 7 heteroatoms. The summed E-state index contributed by atoms with van der Waals surface area (Å²) in [4.78, 5) is 33.5. The van der Waals surface area contributed by atoms with Crippen molar-refractivity contribution in [2.24, 2.45) is 5.73 Å². The third kappa shape index (κ3) is 10.3. The molecule has 0 rings (SSSR count). The lowest BCUT2D eigenvalue weighted by molar-refractivity contribution is -0.149. The largest absolute Gasteiger partial charge is 0.466 e. The van der Waals surface area contributed by atoms with Gasteiger partial charge in [-0.3, -0.25) is 14.4 Å². The number of Topliss-reactive ketones (excluding diaryl/α,β-unsaturated/α-hetero) is 1. The molecule has 0 bridgehead atoms. The zero-order valence-electron chi connectivity index (χ0n) is 12.9. The van der Waals surface area contributed by atoms with Gasteiger partial charge >= 0.3 is 11.9 Å². The molecule has 2 N–H and O–H groups in total. The van der Waals surface area contributed by atoms with Gasteiger partial charge in [-0.1, -0.05) is 13.8 Å². The van der Waals surface area contributed by atoms with Crippen LogP contribution in [0.25, 0.3) is 0 Å². The van der Waals surface area contributed by atoms with Crippen molar-refractivity contribution >= 4 is 29.5 Å². The first-order valence-electron chi connectivity index (χ1n) is 7.09. The van der Waals surface area contributed by atoms with Crippen LogP contribution in [0.3, 0.4) is 0 Å². The maximum absolute atomic E-state index is 11.4. The number of hydrogen-bond acceptors (Lipinski definition) is 7. The first-order valence-corrected chi connectivity index (χ1v) is 8.25. The van der Waals surface area contributed by atoms with Gasteiger partial charge in [0.05, 0.1) is 12.6 Å². The number of thioether (sulfide) groups is 1. The number of rotatable bonds is 11. The Morgan fingerprint density at radius 3 is 2.24 bits per heavy atom. The minimum absolute atomic E-state index is 0.0681. The normalized spacial score (nSPS) is 13.3. The van der Waals surface area contributed by atoms with Gasteiger partial charge in [-0.05, 0) is 6.92 Å². The van der Waals surface area contributed by atoms with Crippen molar-refractivity contribution in [3.8, 4) is 0 Å². The summed E-state index contributed by atoms with van der Waals surface area (Å²) in [7, 11) is 0. The summed E-state index contributed by atoms with van der Waals surface area (Å²) in [6.45, 7) is 5.10. The molecule has 0 amide bonds. The number of carbonyl (C=O) groups is 3. The SMILES string of the molecule is CCC(=O)OCCC(CSC[C@H](N)C(C)=O)OC(=O)CC. The lowest BCUT2D eigenvalue weighted by Crippen LogP contribution is -2.32. The fourth-order valence-corrected chi connectivity index (χ4v) is 2.42. The fourth-order valence-electron chi connectivity index (χ4n) is 1.30. The molecule has 122 valence electrons. The highest BCUT2D eigenvalue weighted by atomic mass is 32.2. The number of nitrogens with two attached hydrogens (primary N) is 1. The standard InChI is InChI=1S/C14H25NO5S/c1-4-13(17)19-7-6-11(20-14(18)5-2)8-21-9-12(15)10(3)16/h11-12H,4-9,15H2,1-3H3/t11?,12-/m0/s1. The van der Waals surface area contributed by atoms with Gasteiger partial charge in [0, 0.05) is 30.8 Å². The minimum Gasteiger partial charge on any atom is -0.466 e. The summed E-state index contributed by atoms with van der Waals surface area (Å²) < 4.78 is 10.3. The van der Waals surface area contributed by atoms with Crippen molar-refractivity contribution in [1.82, 2.24) is 0 Å². The molecule has 0 saturated heterocycles. The molecule has 0 saturated carbocycles. The molecule has 1 unspecified atom stereocenters. The molecular formula is C14H25NO5S. The lowest BCUT2D eigenvalue weighted by atomic mass is 10.3. The topological polar surface area (TPSA) is 95.7 Å². The van der Waals surface area contributed by atoms with Crippen LogP contribution in [0.5, 0.6) is 0 Å². The maximum Gasteiger partial charge on any atom is 0.305 e. The molecule has 0 fully saturated rings. The molecule has 2 atom stereocenters. The molecule has 0 spiro atoms. The molecule has 0 aromatic heterocycles. The average molecular weight is 319 g/mol. The van der Waals surface area contributed by atoms with Crippen molar-refractivity contribution in [3.05, 3.63) is 0 Å². The van der Waals surface area contributed by atoms with Crippen molar-refractivity contribution in [2.75, 3.05) is 18.1 Å². The second-order valence-electron chi connectivity index (χ2n) is 4.58. The van der Waals surface area contributed by atoms with Crippen LogP contribution >= 0.6 is 11.8 Å². The van der Waals surface area contributed by atoms with Gasteiger partial charge < -0.3 is 15.2 Å². The first kappa shape index (κ1) is 19.9. The van der Waals surface area contributed by atoms with Crippen molar-refractivity contribution in [2.45, 2.75) is 52.2 Å². The maximum atomic E-state index is 11.4. The molecule has 0 aromatic rings. The van der Waals surface area contributed by atoms with Crippen LogP contribution < -0.4 is 5.73 Å². The Balaban J connectivity index is 4.16. The van der Waals surface area contributed by atoms with E-state index in [1.807, 2.05) is 0 Å². The van der Waals surface area contributed by atoms with E-state index in [9.17, 15) is 14.4 Å². The van der Waals surface area contributed by atoms with E-state index < -0.39 is 6.04 Å². The molecule has 0 aliphatic heterocycles. The lowest BCUT2D eigenvalue weighted by Gasteiger charge is -2.18. The van der Waals surface area contributed by atoms with E-state index in [2.05, 4.69) is 0 Å². The van der Waals surface area contributed by atoms with Crippen molar-refractivity contribution in [3.63, 3.8) is 0 Å². The molecule has 0 aromatic carbocycles. The van der Waals surface area contributed by atoms with E-state index in [-0.39, 0.29) is 30.4 Å². The van der Waals surface area contributed by atoms with Gasteiger partial charge in [-0.2, -0.15) is 11.8 Å². The Morgan fingerprint density at radius 1 is 1.10 bits per heavy atom. The molecule has 21 heavy (non-hydrogen) atoms. The summed E-state index contributed by atoms with van der Waals surface area (Å²) in [5, 5.41) is 0. The highest BCUT2D eigenvalue weighted by molar-refractivity contribution is 7.99. The zero-order valence-corrected chi connectivity index (χ0v) is 13.7. The van der Waals surface area contributed by atoms with Crippen LogP contribution in [-0.4, -0.2) is 48.0 Å².